The highest BCUT2D eigenvalue weighted by atomic mass is 127. The second-order valence-corrected chi connectivity index (χ2v) is 5.74. The van der Waals surface area contributed by atoms with Crippen LogP contribution in [0.15, 0.2) is 24.3 Å². The molecule has 18 heavy (non-hydrogen) atoms. The minimum absolute atomic E-state index is 0.204. The van der Waals surface area contributed by atoms with Gasteiger partial charge in [-0.05, 0) is 41.6 Å². The number of aromatic nitrogens is 1. The van der Waals surface area contributed by atoms with Crippen molar-refractivity contribution in [2.45, 2.75) is 6.92 Å². The lowest BCUT2D eigenvalue weighted by molar-refractivity contribution is 0.0522. The van der Waals surface area contributed by atoms with Crippen LogP contribution in [0.5, 0.6) is 0 Å². The number of carbonyl (C=O) groups is 1. The number of rotatable bonds is 3. The lowest BCUT2D eigenvalue weighted by Gasteiger charge is -1.98. The highest BCUT2D eigenvalue weighted by Crippen LogP contribution is 2.31. The van der Waals surface area contributed by atoms with Gasteiger partial charge in [0.1, 0.15) is 10.0 Å². The molecule has 0 aliphatic carbocycles. The molecule has 0 radical (unpaired) electrons. The van der Waals surface area contributed by atoms with Gasteiger partial charge >= 0.3 is 5.97 Å². The van der Waals surface area contributed by atoms with E-state index in [0.717, 1.165) is 14.1 Å². The highest BCUT2D eigenvalue weighted by molar-refractivity contribution is 14.1. The summed E-state index contributed by atoms with van der Waals surface area (Å²) < 4.78 is 6.01. The Hall–Kier alpha value is -1.15. The predicted octanol–water partition coefficient (Wildman–Crippen LogP) is 3.17. The number of thiazole rings is 1. The number of hydrogen-bond donors (Lipinski definition) is 1. The first-order valence-corrected chi connectivity index (χ1v) is 7.20. The number of benzene rings is 1. The molecule has 0 amide bonds. The number of nitrogens with zero attached hydrogens (tertiary/aromatic N) is 1. The molecule has 2 N–H and O–H groups in total. The lowest BCUT2D eigenvalue weighted by Crippen LogP contribution is -2.07. The Bertz CT molecular complexity index is 583. The van der Waals surface area contributed by atoms with Crippen LogP contribution in [0.1, 0.15) is 17.4 Å². The number of ether oxygens (including phenoxy) is 1. The van der Waals surface area contributed by atoms with Gasteiger partial charge in [0.15, 0.2) is 5.69 Å². The van der Waals surface area contributed by atoms with Crippen LogP contribution in [0, 0.1) is 3.57 Å². The fourth-order valence-electron chi connectivity index (χ4n) is 1.42. The van der Waals surface area contributed by atoms with Crippen LogP contribution in [-0.2, 0) is 4.74 Å². The molecule has 0 aliphatic rings. The number of esters is 1. The summed E-state index contributed by atoms with van der Waals surface area (Å²) in [6.07, 6.45) is 0. The number of hydrogen-bond acceptors (Lipinski definition) is 5. The van der Waals surface area contributed by atoms with E-state index in [2.05, 4.69) is 27.6 Å². The second kappa shape index (κ2) is 5.66. The van der Waals surface area contributed by atoms with Crippen LogP contribution < -0.4 is 5.73 Å². The molecule has 0 spiro atoms. The standard InChI is InChI=1S/C12H11IN2O2S/c1-2-17-12(16)9-10(14)18-11(15-9)7-4-3-5-8(13)6-7/h3-6H,2,14H2,1H3. The topological polar surface area (TPSA) is 65.2 Å². The van der Waals surface area contributed by atoms with Gasteiger partial charge in [-0.1, -0.05) is 23.5 Å². The molecule has 2 aromatic rings. The lowest BCUT2D eigenvalue weighted by atomic mass is 10.2. The van der Waals surface area contributed by atoms with Crippen LogP contribution in [0.2, 0.25) is 0 Å². The van der Waals surface area contributed by atoms with E-state index in [1.54, 1.807) is 6.92 Å². The molecule has 0 saturated carbocycles. The fourth-order valence-corrected chi connectivity index (χ4v) is 2.78. The Kier molecular flexibility index (Phi) is 4.18. The summed E-state index contributed by atoms with van der Waals surface area (Å²) in [7, 11) is 0. The van der Waals surface area contributed by atoms with E-state index in [0.29, 0.717) is 11.6 Å². The van der Waals surface area contributed by atoms with Crippen molar-refractivity contribution in [3.8, 4) is 10.6 Å². The minimum atomic E-state index is -0.469. The van der Waals surface area contributed by atoms with Crippen LogP contribution in [0.25, 0.3) is 10.6 Å². The van der Waals surface area contributed by atoms with Gasteiger partial charge in [0, 0.05) is 9.13 Å². The molecule has 0 aliphatic heterocycles. The average Bonchev–Trinajstić information content (AvgIpc) is 2.72. The first-order valence-electron chi connectivity index (χ1n) is 5.31. The molecular weight excluding hydrogens is 363 g/mol. The van der Waals surface area contributed by atoms with Crippen molar-refractivity contribution in [1.29, 1.82) is 0 Å². The Balaban J connectivity index is 2.37. The molecule has 0 bridgehead atoms. The summed E-state index contributed by atoms with van der Waals surface area (Å²) in [6.45, 7) is 2.06. The SMILES string of the molecule is CCOC(=O)c1nc(-c2cccc(I)c2)sc1N. The molecule has 1 heterocycles. The fraction of sp³-hybridized carbons (Fsp3) is 0.167. The van der Waals surface area contributed by atoms with Gasteiger partial charge < -0.3 is 10.5 Å². The van der Waals surface area contributed by atoms with Crippen molar-refractivity contribution < 1.29 is 9.53 Å². The summed E-state index contributed by atoms with van der Waals surface area (Å²) in [5, 5.41) is 1.12. The first-order chi connectivity index (χ1) is 8.61. The summed E-state index contributed by atoms with van der Waals surface area (Å²) in [6, 6.07) is 7.87. The van der Waals surface area contributed by atoms with Gasteiger partial charge in [0.05, 0.1) is 6.61 Å². The van der Waals surface area contributed by atoms with Crippen molar-refractivity contribution in [2.75, 3.05) is 12.3 Å². The van der Waals surface area contributed by atoms with Crippen LogP contribution in [0.3, 0.4) is 0 Å². The maximum Gasteiger partial charge on any atom is 0.360 e. The predicted molar refractivity (Wildman–Crippen MR) is 80.6 cm³/mol. The van der Waals surface area contributed by atoms with E-state index in [9.17, 15) is 4.79 Å². The van der Waals surface area contributed by atoms with Gasteiger partial charge in [-0.15, -0.1) is 0 Å². The Labute approximate surface area is 122 Å². The molecule has 4 nitrogen and oxygen atoms in total. The van der Waals surface area contributed by atoms with Gasteiger partial charge in [0.25, 0.3) is 0 Å². The molecule has 6 heteroatoms. The third kappa shape index (κ3) is 2.81. The van der Waals surface area contributed by atoms with Crippen LogP contribution >= 0.6 is 33.9 Å². The minimum Gasteiger partial charge on any atom is -0.461 e. The Morgan fingerprint density at radius 1 is 1.56 bits per heavy atom. The summed E-state index contributed by atoms with van der Waals surface area (Å²) >= 11 is 3.52. The molecule has 2 rings (SSSR count). The largest absolute Gasteiger partial charge is 0.461 e. The Morgan fingerprint density at radius 3 is 3.00 bits per heavy atom. The molecule has 1 aromatic carbocycles. The summed E-state index contributed by atoms with van der Waals surface area (Å²) in [5.41, 5.74) is 6.96. The number of anilines is 1. The summed E-state index contributed by atoms with van der Waals surface area (Å²) in [5.74, 6) is -0.469. The van der Waals surface area contributed by atoms with Crippen LogP contribution in [-0.4, -0.2) is 17.6 Å². The highest BCUT2D eigenvalue weighted by Gasteiger charge is 2.18. The van der Waals surface area contributed by atoms with Crippen molar-refractivity contribution in [2.24, 2.45) is 0 Å². The monoisotopic (exact) mass is 374 g/mol. The maximum atomic E-state index is 11.6. The van der Waals surface area contributed by atoms with Crippen molar-refractivity contribution in [3.05, 3.63) is 33.5 Å². The average molecular weight is 374 g/mol. The number of halogens is 1. The number of nitrogens with two attached hydrogens (primary N) is 1. The van der Waals surface area contributed by atoms with Crippen LogP contribution in [0.4, 0.5) is 5.00 Å². The smallest absolute Gasteiger partial charge is 0.360 e. The second-order valence-electron chi connectivity index (χ2n) is 3.46. The van der Waals surface area contributed by atoms with Gasteiger partial charge in [0.2, 0.25) is 0 Å². The molecule has 0 atom stereocenters. The van der Waals surface area contributed by atoms with E-state index in [4.69, 9.17) is 10.5 Å². The quantitative estimate of drug-likeness (QED) is 0.662. The zero-order chi connectivity index (χ0) is 13.1. The Morgan fingerprint density at radius 2 is 2.33 bits per heavy atom. The van der Waals surface area contributed by atoms with E-state index in [1.807, 2.05) is 24.3 Å². The normalized spacial score (nSPS) is 10.3. The van der Waals surface area contributed by atoms with Crippen molar-refractivity contribution in [1.82, 2.24) is 4.98 Å². The first kappa shape index (κ1) is 13.3. The van der Waals surface area contributed by atoms with E-state index >= 15 is 0 Å². The van der Waals surface area contributed by atoms with E-state index in [-0.39, 0.29) is 5.69 Å². The van der Waals surface area contributed by atoms with Gasteiger partial charge in [-0.2, -0.15) is 0 Å². The van der Waals surface area contributed by atoms with E-state index < -0.39 is 5.97 Å². The number of nitrogen functional groups attached to an aromatic ring is 1. The molecular formula is C12H11IN2O2S. The molecule has 1 aromatic heterocycles. The zero-order valence-corrected chi connectivity index (χ0v) is 12.6. The van der Waals surface area contributed by atoms with Gasteiger partial charge in [-0.3, -0.25) is 0 Å². The zero-order valence-electron chi connectivity index (χ0n) is 9.64. The molecule has 0 fully saturated rings. The summed E-state index contributed by atoms with van der Waals surface area (Å²) in [4.78, 5) is 15.9. The third-order valence-electron chi connectivity index (χ3n) is 2.19. The van der Waals surface area contributed by atoms with Crippen molar-refractivity contribution >= 4 is 44.9 Å². The van der Waals surface area contributed by atoms with E-state index in [1.165, 1.54) is 11.3 Å². The van der Waals surface area contributed by atoms with Gasteiger partial charge in [-0.25, -0.2) is 9.78 Å². The molecule has 0 saturated heterocycles. The molecule has 94 valence electrons. The maximum absolute atomic E-state index is 11.6. The molecule has 0 unspecified atom stereocenters. The van der Waals surface area contributed by atoms with Crippen molar-refractivity contribution in [3.63, 3.8) is 0 Å². The third-order valence-corrected chi connectivity index (χ3v) is 3.80. The number of carbonyl (C=O) groups excluding carboxylic acids is 1.